The molecule has 0 unspecified atom stereocenters. The van der Waals surface area contributed by atoms with Gasteiger partial charge in [-0.1, -0.05) is 19.1 Å². The number of piperazine rings is 1. The maximum atomic E-state index is 15.2. The van der Waals surface area contributed by atoms with E-state index in [4.69, 9.17) is 14.2 Å². The fraction of sp³-hybridized carbons (Fsp3) is 0.484. The Morgan fingerprint density at radius 1 is 0.950 bits per heavy atom. The number of ketones is 1. The predicted molar refractivity (Wildman–Crippen MR) is 155 cm³/mol. The molecule has 0 spiro atoms. The Balaban J connectivity index is 1.53. The standard InChI is InChI=1S/C31H40FN3O5/c1-4-19-40-28-12-11-27(32)29-30(28)35(22-26(31(29)37)23-7-9-25(39-3)10-8-23)13-5-6-24(36)21-34-16-14-33(15-17-34)18-20-38-2/h7-12,22H,4-6,13-21H2,1-3H3. The lowest BCUT2D eigenvalue weighted by molar-refractivity contribution is -0.120. The highest BCUT2D eigenvalue weighted by Crippen LogP contribution is 2.30. The van der Waals surface area contributed by atoms with Gasteiger partial charge >= 0.3 is 0 Å². The molecule has 0 radical (unpaired) electrons. The second-order valence-corrected chi connectivity index (χ2v) is 10.2. The Morgan fingerprint density at radius 3 is 2.35 bits per heavy atom. The van der Waals surface area contributed by atoms with Crippen molar-refractivity contribution in [2.24, 2.45) is 0 Å². The second-order valence-electron chi connectivity index (χ2n) is 10.2. The summed E-state index contributed by atoms with van der Waals surface area (Å²) in [5.74, 6) is 0.726. The van der Waals surface area contributed by atoms with Gasteiger partial charge in [-0.2, -0.15) is 0 Å². The second kappa shape index (κ2) is 14.4. The first-order chi connectivity index (χ1) is 19.4. The van der Waals surface area contributed by atoms with Crippen LogP contribution in [0.4, 0.5) is 4.39 Å². The van der Waals surface area contributed by atoms with Crippen LogP contribution in [-0.2, 0) is 16.1 Å². The highest BCUT2D eigenvalue weighted by Gasteiger charge is 2.20. The Bertz CT molecular complexity index is 1330. The van der Waals surface area contributed by atoms with E-state index in [2.05, 4.69) is 9.80 Å². The number of carbonyl (C=O) groups excluding carboxylic acids is 1. The predicted octanol–water partition coefficient (Wildman–Crippen LogP) is 4.22. The van der Waals surface area contributed by atoms with E-state index in [1.807, 2.05) is 11.5 Å². The van der Waals surface area contributed by atoms with Crippen molar-refractivity contribution in [1.29, 1.82) is 0 Å². The fourth-order valence-electron chi connectivity index (χ4n) is 5.11. The first kappa shape index (κ1) is 29.7. The summed E-state index contributed by atoms with van der Waals surface area (Å²) < 4.78 is 33.4. The summed E-state index contributed by atoms with van der Waals surface area (Å²) in [5, 5.41) is -0.000378. The van der Waals surface area contributed by atoms with E-state index in [1.165, 1.54) is 6.07 Å². The molecule has 1 fully saturated rings. The van der Waals surface area contributed by atoms with Crippen molar-refractivity contribution < 1.29 is 23.4 Å². The maximum absolute atomic E-state index is 15.2. The van der Waals surface area contributed by atoms with Gasteiger partial charge in [-0.3, -0.25) is 19.4 Å². The van der Waals surface area contributed by atoms with Gasteiger partial charge < -0.3 is 18.8 Å². The number of benzene rings is 2. The van der Waals surface area contributed by atoms with E-state index in [0.717, 1.165) is 39.1 Å². The summed E-state index contributed by atoms with van der Waals surface area (Å²) in [7, 11) is 3.29. The Labute approximate surface area is 235 Å². The molecule has 2 heterocycles. The van der Waals surface area contributed by atoms with Crippen LogP contribution in [0.2, 0.25) is 0 Å². The van der Waals surface area contributed by atoms with Crippen molar-refractivity contribution in [1.82, 2.24) is 14.4 Å². The Hall–Kier alpha value is -3.27. The third-order valence-corrected chi connectivity index (χ3v) is 7.33. The van der Waals surface area contributed by atoms with Crippen LogP contribution in [0.25, 0.3) is 22.0 Å². The first-order valence-corrected chi connectivity index (χ1v) is 14.0. The molecule has 9 heteroatoms. The molecule has 0 atom stereocenters. The van der Waals surface area contributed by atoms with E-state index in [0.29, 0.717) is 67.3 Å². The molecule has 4 rings (SSSR count). The van der Waals surface area contributed by atoms with Gasteiger partial charge in [0.1, 0.15) is 23.1 Å². The molecule has 3 aromatic rings. The lowest BCUT2D eigenvalue weighted by Crippen LogP contribution is -2.48. The molecular formula is C31H40FN3O5. The zero-order valence-electron chi connectivity index (χ0n) is 23.8. The Morgan fingerprint density at radius 2 is 1.68 bits per heavy atom. The monoisotopic (exact) mass is 553 g/mol. The number of aromatic nitrogens is 1. The zero-order chi connectivity index (χ0) is 28.5. The average molecular weight is 554 g/mol. The van der Waals surface area contributed by atoms with Crippen LogP contribution >= 0.6 is 0 Å². The molecule has 0 N–H and O–H groups in total. The van der Waals surface area contributed by atoms with Crippen LogP contribution in [0.15, 0.2) is 47.4 Å². The van der Waals surface area contributed by atoms with Gasteiger partial charge in [0.25, 0.3) is 0 Å². The van der Waals surface area contributed by atoms with E-state index < -0.39 is 11.2 Å². The lowest BCUT2D eigenvalue weighted by Gasteiger charge is -2.34. The van der Waals surface area contributed by atoms with Crippen molar-refractivity contribution in [3.63, 3.8) is 0 Å². The SMILES string of the molecule is CCCOc1ccc(F)c2c(=O)c(-c3ccc(OC)cc3)cn(CCCC(=O)CN3CCN(CCOC)CC3)c12. The molecule has 2 aromatic carbocycles. The van der Waals surface area contributed by atoms with Crippen molar-refractivity contribution in [2.45, 2.75) is 32.7 Å². The average Bonchev–Trinajstić information content (AvgIpc) is 2.97. The molecule has 0 aliphatic carbocycles. The largest absolute Gasteiger partial charge is 0.497 e. The van der Waals surface area contributed by atoms with Crippen LogP contribution in [0.3, 0.4) is 0 Å². The minimum absolute atomic E-state index is 0.000378. The topological polar surface area (TPSA) is 73.2 Å². The normalized spacial score (nSPS) is 14.5. The van der Waals surface area contributed by atoms with Crippen LogP contribution in [0.5, 0.6) is 11.5 Å². The number of carbonyl (C=O) groups is 1. The summed E-state index contributed by atoms with van der Waals surface area (Å²) in [6, 6.07) is 10.00. The summed E-state index contributed by atoms with van der Waals surface area (Å²) in [6.07, 6.45) is 3.50. The molecule has 8 nitrogen and oxygen atoms in total. The smallest absolute Gasteiger partial charge is 0.200 e. The van der Waals surface area contributed by atoms with Gasteiger partial charge in [0.05, 0.1) is 37.8 Å². The van der Waals surface area contributed by atoms with Gasteiger partial charge in [-0.05, 0) is 42.7 Å². The van der Waals surface area contributed by atoms with Gasteiger partial charge in [-0.15, -0.1) is 0 Å². The number of rotatable bonds is 14. The number of halogens is 1. The van der Waals surface area contributed by atoms with Crippen molar-refractivity contribution in [3.8, 4) is 22.6 Å². The molecule has 0 saturated carbocycles. The number of hydrogen-bond donors (Lipinski definition) is 0. The molecule has 1 aliphatic heterocycles. The molecule has 1 aliphatic rings. The molecule has 1 aromatic heterocycles. The summed E-state index contributed by atoms with van der Waals surface area (Å²) >= 11 is 0. The van der Waals surface area contributed by atoms with E-state index >= 15 is 4.39 Å². The Kier molecular flexibility index (Phi) is 10.7. The zero-order valence-corrected chi connectivity index (χ0v) is 23.8. The van der Waals surface area contributed by atoms with Gasteiger partial charge in [0.2, 0.25) is 0 Å². The minimum Gasteiger partial charge on any atom is -0.497 e. The minimum atomic E-state index is -0.589. The number of ether oxygens (including phenoxy) is 3. The molecule has 216 valence electrons. The van der Waals surface area contributed by atoms with Gasteiger partial charge in [0, 0.05) is 64.6 Å². The highest BCUT2D eigenvalue weighted by atomic mass is 19.1. The number of nitrogens with zero attached hydrogens (tertiary/aromatic N) is 3. The van der Waals surface area contributed by atoms with Crippen LogP contribution < -0.4 is 14.9 Å². The molecule has 40 heavy (non-hydrogen) atoms. The quantitative estimate of drug-likeness (QED) is 0.296. The third-order valence-electron chi connectivity index (χ3n) is 7.33. The maximum Gasteiger partial charge on any atom is 0.200 e. The summed E-state index contributed by atoms with van der Waals surface area (Å²) in [5.41, 5.74) is 1.09. The van der Waals surface area contributed by atoms with Crippen LogP contribution in [0, 0.1) is 5.82 Å². The lowest BCUT2D eigenvalue weighted by atomic mass is 10.0. The van der Waals surface area contributed by atoms with Gasteiger partial charge in [-0.25, -0.2) is 4.39 Å². The number of aryl methyl sites for hydroxylation is 1. The first-order valence-electron chi connectivity index (χ1n) is 14.0. The van der Waals surface area contributed by atoms with Crippen molar-refractivity contribution >= 4 is 16.7 Å². The summed E-state index contributed by atoms with van der Waals surface area (Å²) in [6.45, 7) is 8.54. The van der Waals surface area contributed by atoms with Crippen molar-refractivity contribution in [2.75, 3.05) is 66.7 Å². The number of pyridine rings is 1. The van der Waals surface area contributed by atoms with Crippen LogP contribution in [0.1, 0.15) is 26.2 Å². The number of hydrogen-bond acceptors (Lipinski definition) is 7. The third kappa shape index (κ3) is 7.27. The number of Topliss-reactive ketones (excluding diaryl/α,β-unsaturated/α-hetero) is 1. The fourth-order valence-corrected chi connectivity index (χ4v) is 5.11. The number of methoxy groups -OCH3 is 2. The summed E-state index contributed by atoms with van der Waals surface area (Å²) in [4.78, 5) is 31.0. The molecule has 0 bridgehead atoms. The van der Waals surface area contributed by atoms with E-state index in [9.17, 15) is 9.59 Å². The number of fused-ring (bicyclic) bond motifs is 1. The molecule has 1 saturated heterocycles. The van der Waals surface area contributed by atoms with Crippen LogP contribution in [-0.4, -0.2) is 86.9 Å². The molecule has 0 amide bonds. The van der Waals surface area contributed by atoms with Gasteiger partial charge in [0.15, 0.2) is 5.43 Å². The van der Waals surface area contributed by atoms with E-state index in [1.54, 1.807) is 50.7 Å². The molecular weight excluding hydrogens is 513 g/mol. The van der Waals surface area contributed by atoms with Crippen molar-refractivity contribution in [3.05, 3.63) is 58.6 Å². The highest BCUT2D eigenvalue weighted by molar-refractivity contribution is 5.89. The van der Waals surface area contributed by atoms with E-state index in [-0.39, 0.29) is 11.2 Å².